The Morgan fingerprint density at radius 2 is 2.29 bits per heavy atom. The molecule has 1 fully saturated rings. The molecule has 2 rings (SSSR count). The summed E-state index contributed by atoms with van der Waals surface area (Å²) < 4.78 is 5.34. The van der Waals surface area contributed by atoms with Gasteiger partial charge in [-0.1, -0.05) is 13.8 Å². The summed E-state index contributed by atoms with van der Waals surface area (Å²) in [5.41, 5.74) is 6.09. The number of anilines is 1. The Hall–Kier alpha value is -1.36. The van der Waals surface area contributed by atoms with Crippen LogP contribution in [-0.4, -0.2) is 28.7 Å². The first-order chi connectivity index (χ1) is 8.04. The van der Waals surface area contributed by atoms with Crippen LogP contribution < -0.4 is 15.8 Å². The zero-order valence-electron chi connectivity index (χ0n) is 10.6. The van der Waals surface area contributed by atoms with E-state index in [1.54, 1.807) is 0 Å². The third-order valence-electron chi connectivity index (χ3n) is 3.60. The van der Waals surface area contributed by atoms with Crippen LogP contribution in [0.15, 0.2) is 12.4 Å². The molecular weight excluding hydrogens is 216 g/mol. The van der Waals surface area contributed by atoms with Crippen molar-refractivity contribution < 1.29 is 4.74 Å². The molecule has 3 N–H and O–H groups in total. The monoisotopic (exact) mass is 236 g/mol. The van der Waals surface area contributed by atoms with E-state index in [9.17, 15) is 0 Å². The van der Waals surface area contributed by atoms with Crippen LogP contribution in [0.1, 0.15) is 27.2 Å². The van der Waals surface area contributed by atoms with E-state index in [0.29, 0.717) is 18.5 Å². The molecule has 0 bridgehead atoms. The fourth-order valence-corrected chi connectivity index (χ4v) is 2.03. The van der Waals surface area contributed by atoms with Gasteiger partial charge in [-0.2, -0.15) is 0 Å². The summed E-state index contributed by atoms with van der Waals surface area (Å²) in [6.45, 7) is 6.88. The molecule has 0 saturated heterocycles. The summed E-state index contributed by atoms with van der Waals surface area (Å²) in [4.78, 5) is 8.22. The number of aromatic nitrogens is 2. The van der Waals surface area contributed by atoms with E-state index in [1.807, 2.05) is 13.0 Å². The van der Waals surface area contributed by atoms with Gasteiger partial charge >= 0.3 is 0 Å². The summed E-state index contributed by atoms with van der Waals surface area (Å²) in [5.74, 6) is 1.40. The molecule has 94 valence electrons. The molecule has 17 heavy (non-hydrogen) atoms. The summed E-state index contributed by atoms with van der Waals surface area (Å²) in [6, 6.07) is 2.44. The lowest BCUT2D eigenvalue weighted by atomic mass is 9.63. The van der Waals surface area contributed by atoms with Gasteiger partial charge in [-0.15, -0.1) is 0 Å². The Labute approximate surface area is 102 Å². The van der Waals surface area contributed by atoms with Crippen LogP contribution in [0.5, 0.6) is 5.88 Å². The Morgan fingerprint density at radius 3 is 2.88 bits per heavy atom. The van der Waals surface area contributed by atoms with Crippen LogP contribution in [0.3, 0.4) is 0 Å². The van der Waals surface area contributed by atoms with E-state index in [0.717, 1.165) is 12.2 Å². The second kappa shape index (κ2) is 4.49. The number of hydrogen-bond donors (Lipinski definition) is 2. The van der Waals surface area contributed by atoms with E-state index in [1.165, 1.54) is 6.33 Å². The van der Waals surface area contributed by atoms with Gasteiger partial charge in [-0.05, 0) is 13.3 Å². The molecule has 1 aromatic rings. The number of nitrogens with two attached hydrogens (primary N) is 1. The van der Waals surface area contributed by atoms with E-state index < -0.39 is 0 Å². The lowest BCUT2D eigenvalue weighted by Crippen LogP contribution is -2.61. The highest BCUT2D eigenvalue weighted by molar-refractivity contribution is 5.40. The molecule has 0 spiro atoms. The molecule has 1 heterocycles. The van der Waals surface area contributed by atoms with Gasteiger partial charge in [-0.3, -0.25) is 0 Å². The minimum atomic E-state index is 0.108. The number of nitrogens with zero attached hydrogens (tertiary/aromatic N) is 2. The first-order valence-electron chi connectivity index (χ1n) is 6.01. The van der Waals surface area contributed by atoms with Crippen molar-refractivity contribution in [2.75, 3.05) is 11.9 Å². The van der Waals surface area contributed by atoms with Gasteiger partial charge in [0.25, 0.3) is 0 Å². The van der Waals surface area contributed by atoms with Crippen molar-refractivity contribution >= 4 is 5.82 Å². The maximum absolute atomic E-state index is 5.98. The molecule has 2 atom stereocenters. The minimum Gasteiger partial charge on any atom is -0.478 e. The third kappa shape index (κ3) is 2.34. The zero-order valence-corrected chi connectivity index (χ0v) is 10.6. The molecule has 1 aliphatic rings. The molecule has 5 nitrogen and oxygen atoms in total. The van der Waals surface area contributed by atoms with Crippen molar-refractivity contribution in [3.8, 4) is 5.88 Å². The molecule has 2 unspecified atom stereocenters. The Morgan fingerprint density at radius 1 is 1.53 bits per heavy atom. The molecular formula is C12H20N4O. The van der Waals surface area contributed by atoms with E-state index in [2.05, 4.69) is 29.1 Å². The van der Waals surface area contributed by atoms with Crippen LogP contribution in [0.4, 0.5) is 5.82 Å². The molecule has 1 aromatic heterocycles. The Balaban J connectivity index is 2.02. The smallest absolute Gasteiger partial charge is 0.218 e. The Bertz CT molecular complexity index is 394. The van der Waals surface area contributed by atoms with E-state index in [4.69, 9.17) is 10.5 Å². The van der Waals surface area contributed by atoms with E-state index >= 15 is 0 Å². The highest BCUT2D eigenvalue weighted by Crippen LogP contribution is 2.40. The summed E-state index contributed by atoms with van der Waals surface area (Å²) in [7, 11) is 0. The SMILES string of the molecule is CCOc1cc(NC2CC(N)C2(C)C)ncn1. The zero-order chi connectivity index (χ0) is 12.5. The summed E-state index contributed by atoms with van der Waals surface area (Å²) in [6.07, 6.45) is 2.49. The van der Waals surface area contributed by atoms with Gasteiger partial charge in [0.1, 0.15) is 12.1 Å². The van der Waals surface area contributed by atoms with Crippen molar-refractivity contribution in [3.05, 3.63) is 12.4 Å². The molecule has 5 heteroatoms. The number of nitrogens with one attached hydrogen (secondary N) is 1. The largest absolute Gasteiger partial charge is 0.478 e. The normalized spacial score (nSPS) is 26.1. The Kier molecular flexibility index (Phi) is 3.19. The maximum Gasteiger partial charge on any atom is 0.218 e. The third-order valence-corrected chi connectivity index (χ3v) is 3.60. The average molecular weight is 236 g/mol. The topological polar surface area (TPSA) is 73.1 Å². The van der Waals surface area contributed by atoms with Crippen LogP contribution >= 0.6 is 0 Å². The first-order valence-corrected chi connectivity index (χ1v) is 6.01. The maximum atomic E-state index is 5.98. The lowest BCUT2D eigenvalue weighted by Gasteiger charge is -2.50. The van der Waals surface area contributed by atoms with Crippen molar-refractivity contribution in [1.29, 1.82) is 0 Å². The van der Waals surface area contributed by atoms with Crippen molar-refractivity contribution in [2.24, 2.45) is 11.1 Å². The predicted octanol–water partition coefficient (Wildman–Crippen LogP) is 1.41. The number of ether oxygens (including phenoxy) is 1. The van der Waals surface area contributed by atoms with Gasteiger partial charge in [0.05, 0.1) is 6.61 Å². The molecule has 1 saturated carbocycles. The van der Waals surface area contributed by atoms with Crippen LogP contribution in [0.25, 0.3) is 0 Å². The molecule has 0 amide bonds. The van der Waals surface area contributed by atoms with Gasteiger partial charge in [0, 0.05) is 23.6 Å². The minimum absolute atomic E-state index is 0.108. The fraction of sp³-hybridized carbons (Fsp3) is 0.667. The quantitative estimate of drug-likeness (QED) is 0.827. The number of rotatable bonds is 4. The average Bonchev–Trinajstić information content (AvgIpc) is 2.30. The second-order valence-corrected chi connectivity index (χ2v) is 5.03. The van der Waals surface area contributed by atoms with Crippen LogP contribution in [-0.2, 0) is 0 Å². The molecule has 0 aromatic carbocycles. The molecule has 0 radical (unpaired) electrons. The second-order valence-electron chi connectivity index (χ2n) is 5.03. The first kappa shape index (κ1) is 12.1. The van der Waals surface area contributed by atoms with E-state index in [-0.39, 0.29) is 11.5 Å². The number of hydrogen-bond acceptors (Lipinski definition) is 5. The van der Waals surface area contributed by atoms with Gasteiger partial charge < -0.3 is 15.8 Å². The lowest BCUT2D eigenvalue weighted by molar-refractivity contribution is 0.117. The summed E-state index contributed by atoms with van der Waals surface area (Å²) >= 11 is 0. The summed E-state index contributed by atoms with van der Waals surface area (Å²) in [5, 5.41) is 3.39. The highest BCUT2D eigenvalue weighted by Gasteiger charge is 2.46. The predicted molar refractivity (Wildman–Crippen MR) is 67.0 cm³/mol. The van der Waals surface area contributed by atoms with Crippen LogP contribution in [0.2, 0.25) is 0 Å². The molecule has 1 aliphatic carbocycles. The highest BCUT2D eigenvalue weighted by atomic mass is 16.5. The fourth-order valence-electron chi connectivity index (χ4n) is 2.03. The van der Waals surface area contributed by atoms with Crippen molar-refractivity contribution in [2.45, 2.75) is 39.3 Å². The standard InChI is InChI=1S/C12H20N4O/c1-4-17-11-6-10(14-7-15-11)16-9-5-8(13)12(9,2)3/h6-9H,4-5,13H2,1-3H3,(H,14,15,16). The van der Waals surface area contributed by atoms with Crippen molar-refractivity contribution in [3.63, 3.8) is 0 Å². The van der Waals surface area contributed by atoms with Crippen molar-refractivity contribution in [1.82, 2.24) is 9.97 Å². The van der Waals surface area contributed by atoms with Gasteiger partial charge in [0.15, 0.2) is 0 Å². The van der Waals surface area contributed by atoms with Gasteiger partial charge in [0.2, 0.25) is 5.88 Å². The van der Waals surface area contributed by atoms with Gasteiger partial charge in [-0.25, -0.2) is 9.97 Å². The molecule has 0 aliphatic heterocycles. The van der Waals surface area contributed by atoms with Crippen LogP contribution in [0, 0.1) is 5.41 Å².